The molecule has 4 heteroatoms. The van der Waals surface area contributed by atoms with Gasteiger partial charge in [0, 0.05) is 9.65 Å². The van der Waals surface area contributed by atoms with E-state index in [4.69, 9.17) is 4.74 Å². The van der Waals surface area contributed by atoms with Crippen LogP contribution < -0.4 is 0 Å². The number of ether oxygens (including phenoxy) is 1. The minimum absolute atomic E-state index is 0.0756. The number of carbonyl (C=O) groups excluding carboxylic acids is 1. The van der Waals surface area contributed by atoms with Crippen molar-refractivity contribution in [1.82, 2.24) is 0 Å². The topological polar surface area (TPSA) is 26.3 Å². The van der Waals surface area contributed by atoms with Crippen LogP contribution in [-0.4, -0.2) is 22.2 Å². The zero-order chi connectivity index (χ0) is 10.6. The van der Waals surface area contributed by atoms with Crippen molar-refractivity contribution in [2.75, 3.05) is 6.61 Å². The fourth-order valence-electron chi connectivity index (χ4n) is 1.83. The Morgan fingerprint density at radius 3 is 2.43 bits per heavy atom. The Morgan fingerprint density at radius 1 is 1.36 bits per heavy atom. The Labute approximate surface area is 102 Å². The van der Waals surface area contributed by atoms with Crippen LogP contribution in [0.4, 0.5) is 0 Å². The van der Waals surface area contributed by atoms with E-state index in [0.717, 1.165) is 12.8 Å². The smallest absolute Gasteiger partial charge is 0.306 e. The molecule has 14 heavy (non-hydrogen) atoms. The van der Waals surface area contributed by atoms with Gasteiger partial charge >= 0.3 is 5.97 Å². The standard InChI is InChI=1S/C10H16Br2O2/c1-2-14-10(13)6-7-8(11)4-3-5-9(7)12/h7-9H,2-6H2,1H3. The molecule has 0 N–H and O–H groups in total. The van der Waals surface area contributed by atoms with Gasteiger partial charge in [-0.15, -0.1) is 0 Å². The van der Waals surface area contributed by atoms with Gasteiger partial charge in [0.05, 0.1) is 13.0 Å². The number of hydrogen-bond acceptors (Lipinski definition) is 2. The van der Waals surface area contributed by atoms with Gasteiger partial charge in [-0.3, -0.25) is 4.79 Å². The summed E-state index contributed by atoms with van der Waals surface area (Å²) < 4.78 is 4.96. The lowest BCUT2D eigenvalue weighted by atomic mass is 9.87. The second-order valence-corrected chi connectivity index (χ2v) is 5.99. The average molecular weight is 328 g/mol. The number of rotatable bonds is 3. The highest BCUT2D eigenvalue weighted by atomic mass is 79.9. The molecule has 0 aromatic heterocycles. The Morgan fingerprint density at radius 2 is 1.93 bits per heavy atom. The summed E-state index contributed by atoms with van der Waals surface area (Å²) in [5, 5.41) is 0. The maximum Gasteiger partial charge on any atom is 0.306 e. The van der Waals surface area contributed by atoms with Crippen LogP contribution in [0.25, 0.3) is 0 Å². The number of esters is 1. The van der Waals surface area contributed by atoms with E-state index in [1.807, 2.05) is 6.92 Å². The Balaban J connectivity index is 2.43. The van der Waals surface area contributed by atoms with Crippen LogP contribution in [-0.2, 0) is 9.53 Å². The molecule has 0 amide bonds. The lowest BCUT2D eigenvalue weighted by Crippen LogP contribution is -2.31. The zero-order valence-corrected chi connectivity index (χ0v) is 11.5. The van der Waals surface area contributed by atoms with Gasteiger partial charge in [-0.25, -0.2) is 0 Å². The zero-order valence-electron chi connectivity index (χ0n) is 8.34. The highest BCUT2D eigenvalue weighted by Crippen LogP contribution is 2.36. The first-order chi connectivity index (χ1) is 6.65. The van der Waals surface area contributed by atoms with E-state index in [-0.39, 0.29) is 5.97 Å². The van der Waals surface area contributed by atoms with Crippen molar-refractivity contribution in [2.45, 2.75) is 42.3 Å². The first-order valence-electron chi connectivity index (χ1n) is 5.09. The quantitative estimate of drug-likeness (QED) is 0.587. The van der Waals surface area contributed by atoms with E-state index in [9.17, 15) is 4.79 Å². The summed E-state index contributed by atoms with van der Waals surface area (Å²) in [6.07, 6.45) is 4.07. The van der Waals surface area contributed by atoms with E-state index in [2.05, 4.69) is 31.9 Å². The third-order valence-electron chi connectivity index (χ3n) is 2.60. The van der Waals surface area contributed by atoms with E-state index in [0.29, 0.717) is 28.6 Å². The molecule has 0 radical (unpaired) electrons. The summed E-state index contributed by atoms with van der Waals surface area (Å²) in [7, 11) is 0. The fourth-order valence-corrected chi connectivity index (χ4v) is 4.00. The number of carbonyl (C=O) groups is 1. The highest BCUT2D eigenvalue weighted by Gasteiger charge is 2.32. The lowest BCUT2D eigenvalue weighted by Gasteiger charge is -2.31. The molecule has 2 unspecified atom stereocenters. The average Bonchev–Trinajstić information content (AvgIpc) is 2.12. The van der Waals surface area contributed by atoms with E-state index >= 15 is 0 Å². The van der Waals surface area contributed by atoms with Gasteiger partial charge in [0.15, 0.2) is 0 Å². The molecular formula is C10H16Br2O2. The van der Waals surface area contributed by atoms with Gasteiger partial charge < -0.3 is 4.74 Å². The van der Waals surface area contributed by atoms with Gasteiger partial charge in [0.1, 0.15) is 0 Å². The summed E-state index contributed by atoms with van der Waals surface area (Å²) in [4.78, 5) is 12.2. The molecule has 1 aliphatic rings. The predicted octanol–water partition coefficient (Wildman–Crippen LogP) is 3.27. The minimum Gasteiger partial charge on any atom is -0.466 e. The SMILES string of the molecule is CCOC(=O)CC1C(Br)CCCC1Br. The molecule has 0 saturated heterocycles. The second kappa shape index (κ2) is 6.11. The highest BCUT2D eigenvalue weighted by molar-refractivity contribution is 9.10. The van der Waals surface area contributed by atoms with Crippen LogP contribution >= 0.6 is 31.9 Å². The first-order valence-corrected chi connectivity index (χ1v) is 6.92. The predicted molar refractivity (Wildman–Crippen MR) is 64.0 cm³/mol. The molecule has 0 heterocycles. The molecule has 0 aromatic carbocycles. The summed E-state index contributed by atoms with van der Waals surface area (Å²) in [6, 6.07) is 0. The third kappa shape index (κ3) is 3.54. The van der Waals surface area contributed by atoms with Crippen molar-refractivity contribution in [3.8, 4) is 0 Å². The molecule has 1 saturated carbocycles. The van der Waals surface area contributed by atoms with Crippen LogP contribution in [0.3, 0.4) is 0 Å². The summed E-state index contributed by atoms with van der Waals surface area (Å²) in [5.74, 6) is 0.302. The Bertz CT molecular complexity index is 187. The molecule has 2 nitrogen and oxygen atoms in total. The number of alkyl halides is 2. The third-order valence-corrected chi connectivity index (χ3v) is 4.87. The van der Waals surface area contributed by atoms with Gasteiger partial charge in [-0.05, 0) is 25.7 Å². The van der Waals surface area contributed by atoms with Crippen LogP contribution in [0.2, 0.25) is 0 Å². The largest absolute Gasteiger partial charge is 0.466 e. The van der Waals surface area contributed by atoms with Crippen molar-refractivity contribution in [2.24, 2.45) is 5.92 Å². The van der Waals surface area contributed by atoms with Crippen molar-refractivity contribution in [3.63, 3.8) is 0 Å². The van der Waals surface area contributed by atoms with Crippen LogP contribution in [0.15, 0.2) is 0 Å². The molecule has 0 aromatic rings. The van der Waals surface area contributed by atoms with Gasteiger partial charge in [0.25, 0.3) is 0 Å². The molecule has 1 rings (SSSR count). The maximum atomic E-state index is 11.3. The van der Waals surface area contributed by atoms with E-state index < -0.39 is 0 Å². The van der Waals surface area contributed by atoms with Crippen LogP contribution in [0, 0.1) is 5.92 Å². The van der Waals surface area contributed by atoms with Gasteiger partial charge in [-0.2, -0.15) is 0 Å². The Hall–Kier alpha value is 0.430. The maximum absolute atomic E-state index is 11.3. The summed E-state index contributed by atoms with van der Waals surface area (Å²) in [5.41, 5.74) is 0. The molecule has 1 fully saturated rings. The van der Waals surface area contributed by atoms with E-state index in [1.165, 1.54) is 6.42 Å². The molecule has 0 aliphatic heterocycles. The van der Waals surface area contributed by atoms with Gasteiger partial charge in [-0.1, -0.05) is 38.3 Å². The second-order valence-electron chi connectivity index (χ2n) is 3.64. The van der Waals surface area contributed by atoms with Crippen molar-refractivity contribution in [1.29, 1.82) is 0 Å². The number of halogens is 2. The summed E-state index contributed by atoms with van der Waals surface area (Å²) >= 11 is 7.27. The molecule has 82 valence electrons. The molecule has 2 atom stereocenters. The van der Waals surface area contributed by atoms with Crippen molar-refractivity contribution >= 4 is 37.8 Å². The molecular weight excluding hydrogens is 312 g/mol. The molecule has 0 bridgehead atoms. The number of hydrogen-bond donors (Lipinski definition) is 0. The monoisotopic (exact) mass is 326 g/mol. The van der Waals surface area contributed by atoms with Crippen LogP contribution in [0.1, 0.15) is 32.6 Å². The Kier molecular flexibility index (Phi) is 5.45. The van der Waals surface area contributed by atoms with Crippen molar-refractivity contribution < 1.29 is 9.53 Å². The first kappa shape index (κ1) is 12.5. The van der Waals surface area contributed by atoms with Gasteiger partial charge in [0.2, 0.25) is 0 Å². The van der Waals surface area contributed by atoms with Crippen molar-refractivity contribution in [3.05, 3.63) is 0 Å². The summed E-state index contributed by atoms with van der Waals surface area (Å²) in [6.45, 7) is 2.32. The normalized spacial score (nSPS) is 32.6. The van der Waals surface area contributed by atoms with E-state index in [1.54, 1.807) is 0 Å². The molecule has 1 aliphatic carbocycles. The minimum atomic E-state index is -0.0756. The van der Waals surface area contributed by atoms with Crippen LogP contribution in [0.5, 0.6) is 0 Å². The molecule has 0 spiro atoms. The lowest BCUT2D eigenvalue weighted by molar-refractivity contribution is -0.144. The fraction of sp³-hybridized carbons (Fsp3) is 0.900.